The fourth-order valence-corrected chi connectivity index (χ4v) is 5.50. The topological polar surface area (TPSA) is 116 Å². The van der Waals surface area contributed by atoms with Gasteiger partial charge in [-0.1, -0.05) is 6.07 Å². The molecule has 1 amide bonds. The molecule has 1 aromatic rings. The summed E-state index contributed by atoms with van der Waals surface area (Å²) in [4.78, 5) is 11.6. The Morgan fingerprint density at radius 3 is 2.11 bits per heavy atom. The van der Waals surface area contributed by atoms with Crippen LogP contribution in [0.25, 0.3) is 0 Å². The third kappa shape index (κ3) is 6.17. The van der Waals surface area contributed by atoms with Gasteiger partial charge in [-0.25, -0.2) is 4.79 Å². The monoisotopic (exact) mass is 483 g/mol. The maximum atomic E-state index is 13.7. The smallest absolute Gasteiger partial charge is 0.404 e. The summed E-state index contributed by atoms with van der Waals surface area (Å²) in [6, 6.07) is 5.01. The summed E-state index contributed by atoms with van der Waals surface area (Å²) in [6.45, 7) is 3.58. The normalized spacial score (nSPS) is 14.0. The average Bonchev–Trinajstić information content (AvgIpc) is 2.63. The van der Waals surface area contributed by atoms with Crippen molar-refractivity contribution in [2.24, 2.45) is 5.73 Å². The lowest BCUT2D eigenvalue weighted by Gasteiger charge is -2.35. The van der Waals surface area contributed by atoms with Crippen molar-refractivity contribution in [2.45, 2.75) is 31.9 Å². The molecule has 2 unspecified atom stereocenters. The summed E-state index contributed by atoms with van der Waals surface area (Å²) in [6.07, 6.45) is -3.37. The Hall–Kier alpha value is -1.16. The van der Waals surface area contributed by atoms with Gasteiger partial charge in [-0.2, -0.15) is 0 Å². The highest BCUT2D eigenvalue weighted by Crippen LogP contribution is 2.63. The van der Waals surface area contributed by atoms with E-state index in [1.807, 2.05) is 0 Å². The number of nitrogens with two attached hydrogens (primary N) is 1. The van der Waals surface area contributed by atoms with E-state index in [1.165, 1.54) is 21.3 Å². The number of carbonyl (C=O) groups is 1. The van der Waals surface area contributed by atoms with Crippen LogP contribution in [0.5, 0.6) is 5.75 Å². The largest absolute Gasteiger partial charge is 0.496 e. The first-order valence-corrected chi connectivity index (χ1v) is 10.9. The Labute approximate surface area is 173 Å². The molecule has 0 saturated carbocycles. The van der Waals surface area contributed by atoms with E-state index in [0.29, 0.717) is 15.8 Å². The second-order valence-corrected chi connectivity index (χ2v) is 8.46. The van der Waals surface area contributed by atoms with E-state index >= 15 is 0 Å². The molecule has 0 spiro atoms. The predicted molar refractivity (Wildman–Crippen MR) is 107 cm³/mol. The molecule has 0 aliphatic heterocycles. The summed E-state index contributed by atoms with van der Waals surface area (Å²) >= 11 is 3.40. The number of amides is 1. The number of primary amides is 1. The number of halogens is 1. The molecule has 0 aliphatic rings. The fraction of sp³-hybridized carbons (Fsp3) is 0.588. The molecule has 2 atom stereocenters. The van der Waals surface area contributed by atoms with Gasteiger partial charge in [0.15, 0.2) is 12.4 Å². The van der Waals surface area contributed by atoms with E-state index in [4.69, 9.17) is 33.7 Å². The molecule has 0 bridgehead atoms. The second-order valence-electron chi connectivity index (χ2n) is 5.46. The van der Waals surface area contributed by atoms with Crippen molar-refractivity contribution in [3.8, 4) is 5.75 Å². The molecule has 0 radical (unpaired) electrons. The number of ether oxygens (including phenoxy) is 4. The molecule has 1 aromatic carbocycles. The molecular formula is C17H27BrNO8P. The minimum absolute atomic E-state index is 0.110. The molecule has 9 nitrogen and oxygen atoms in total. The maximum Gasteiger partial charge on any atom is 0.404 e. The first-order valence-electron chi connectivity index (χ1n) is 8.51. The number of hydrogen-bond acceptors (Lipinski definition) is 8. The highest BCUT2D eigenvalue weighted by molar-refractivity contribution is 9.10. The molecule has 0 aromatic heterocycles. The van der Waals surface area contributed by atoms with Crippen molar-refractivity contribution in [2.75, 3.05) is 34.5 Å². The van der Waals surface area contributed by atoms with Crippen LogP contribution in [-0.4, -0.2) is 53.0 Å². The van der Waals surface area contributed by atoms with Crippen LogP contribution in [0.4, 0.5) is 4.79 Å². The van der Waals surface area contributed by atoms with Crippen molar-refractivity contribution in [1.82, 2.24) is 0 Å². The molecule has 0 saturated heterocycles. The van der Waals surface area contributed by atoms with Gasteiger partial charge in [-0.15, -0.1) is 0 Å². The summed E-state index contributed by atoms with van der Waals surface area (Å²) in [5.74, 6) is 0.563. The van der Waals surface area contributed by atoms with Crippen molar-refractivity contribution in [3.05, 3.63) is 28.2 Å². The zero-order valence-electron chi connectivity index (χ0n) is 16.5. The Morgan fingerprint density at radius 1 is 1.14 bits per heavy atom. The number of hydrogen-bond donors (Lipinski definition) is 1. The lowest BCUT2D eigenvalue weighted by molar-refractivity contribution is -0.165. The van der Waals surface area contributed by atoms with Gasteiger partial charge in [0.05, 0.1) is 24.8 Å². The van der Waals surface area contributed by atoms with Gasteiger partial charge in [0.2, 0.25) is 0 Å². The van der Waals surface area contributed by atoms with Gasteiger partial charge in [0, 0.05) is 14.2 Å². The van der Waals surface area contributed by atoms with Crippen molar-refractivity contribution in [3.63, 3.8) is 0 Å². The van der Waals surface area contributed by atoms with E-state index in [2.05, 4.69) is 15.9 Å². The lowest BCUT2D eigenvalue weighted by atomic mass is 10.1. The van der Waals surface area contributed by atoms with Crippen molar-refractivity contribution >= 4 is 29.6 Å². The Balaban J connectivity index is 3.65. The number of methoxy groups -OCH3 is 3. The third-order valence-electron chi connectivity index (χ3n) is 3.77. The highest BCUT2D eigenvalue weighted by atomic mass is 79.9. The van der Waals surface area contributed by atoms with Crippen LogP contribution < -0.4 is 10.5 Å². The molecule has 28 heavy (non-hydrogen) atoms. The van der Waals surface area contributed by atoms with Gasteiger partial charge < -0.3 is 33.7 Å². The second kappa shape index (κ2) is 11.7. The molecule has 2 N–H and O–H groups in total. The van der Waals surface area contributed by atoms with Crippen LogP contribution in [0.3, 0.4) is 0 Å². The van der Waals surface area contributed by atoms with E-state index in [-0.39, 0.29) is 13.2 Å². The minimum Gasteiger partial charge on any atom is -0.496 e. The van der Waals surface area contributed by atoms with Crippen LogP contribution in [0.2, 0.25) is 0 Å². The Bertz CT molecular complexity index is 675. The van der Waals surface area contributed by atoms with Crippen molar-refractivity contribution < 1.29 is 37.4 Å². The van der Waals surface area contributed by atoms with Gasteiger partial charge in [0.25, 0.3) is 0 Å². The standard InChI is InChI=1S/C17H27BrNO8P/c1-6-25-28(21,26-7-2)15(11-8-9-13(22-3)12(18)10-11)14(27-17(19)20)16(23-4)24-5/h8-10,14-16H,6-7H2,1-5H3,(H2,19,20). The molecule has 11 heteroatoms. The summed E-state index contributed by atoms with van der Waals surface area (Å²) in [5.41, 5.74) is 4.66. The fourth-order valence-electron chi connectivity index (χ4n) is 2.74. The SMILES string of the molecule is CCOP(=O)(OCC)C(c1ccc(OC)c(Br)c1)C(OC(N)=O)C(OC)OC. The third-order valence-corrected chi connectivity index (χ3v) is 6.90. The molecule has 0 aliphatic carbocycles. The minimum atomic E-state index is -3.84. The van der Waals surface area contributed by atoms with Gasteiger partial charge in [-0.3, -0.25) is 4.57 Å². The van der Waals surface area contributed by atoms with Crippen LogP contribution in [0.1, 0.15) is 25.1 Å². The van der Waals surface area contributed by atoms with Crippen molar-refractivity contribution in [1.29, 1.82) is 0 Å². The Morgan fingerprint density at radius 2 is 1.71 bits per heavy atom. The average molecular weight is 484 g/mol. The zero-order chi connectivity index (χ0) is 21.3. The van der Waals surface area contributed by atoms with Crippen LogP contribution in [0.15, 0.2) is 22.7 Å². The molecule has 0 heterocycles. The Kier molecular flexibility index (Phi) is 10.4. The maximum absolute atomic E-state index is 13.7. The van der Waals surface area contributed by atoms with Gasteiger partial charge in [0.1, 0.15) is 11.4 Å². The first kappa shape index (κ1) is 24.9. The molecule has 1 rings (SSSR count). The number of benzene rings is 1. The van der Waals surface area contributed by atoms with E-state index < -0.39 is 31.7 Å². The number of rotatable bonds is 12. The summed E-state index contributed by atoms with van der Waals surface area (Å²) in [5, 5.41) is 0. The van der Waals surface area contributed by atoms with Crippen LogP contribution >= 0.6 is 23.5 Å². The lowest BCUT2D eigenvalue weighted by Crippen LogP contribution is -2.41. The zero-order valence-corrected chi connectivity index (χ0v) is 19.0. The molecular weight excluding hydrogens is 457 g/mol. The highest BCUT2D eigenvalue weighted by Gasteiger charge is 2.48. The number of carbonyl (C=O) groups excluding carboxylic acids is 1. The van der Waals surface area contributed by atoms with Gasteiger partial charge >= 0.3 is 13.7 Å². The predicted octanol–water partition coefficient (Wildman–Crippen LogP) is 3.85. The van der Waals surface area contributed by atoms with E-state index in [9.17, 15) is 9.36 Å². The van der Waals surface area contributed by atoms with E-state index in [0.717, 1.165) is 0 Å². The van der Waals surface area contributed by atoms with Crippen LogP contribution in [-0.2, 0) is 27.8 Å². The first-order chi connectivity index (χ1) is 13.3. The quantitative estimate of drug-likeness (QED) is 0.352. The van der Waals surface area contributed by atoms with Crippen LogP contribution in [0, 0.1) is 0 Å². The molecule has 0 fully saturated rings. The van der Waals surface area contributed by atoms with E-state index in [1.54, 1.807) is 32.0 Å². The summed E-state index contributed by atoms with van der Waals surface area (Å²) in [7, 11) is 0.399. The molecule has 160 valence electrons. The summed E-state index contributed by atoms with van der Waals surface area (Å²) < 4.78 is 46.4. The van der Waals surface area contributed by atoms with Gasteiger partial charge in [-0.05, 0) is 47.5 Å².